The molecule has 0 aromatic rings. The number of ether oxygens (including phenoxy) is 1. The average Bonchev–Trinajstić information content (AvgIpc) is 2.85. The predicted octanol–water partition coefficient (Wildman–Crippen LogP) is 2.31. The van der Waals surface area contributed by atoms with Crippen LogP contribution in [0.2, 0.25) is 0 Å². The molecule has 1 saturated heterocycles. The number of rotatable bonds is 9. The minimum atomic E-state index is -0.765. The van der Waals surface area contributed by atoms with Gasteiger partial charge in [-0.2, -0.15) is 0 Å². The van der Waals surface area contributed by atoms with Crippen LogP contribution in [-0.4, -0.2) is 42.6 Å². The van der Waals surface area contributed by atoms with Gasteiger partial charge in [0.05, 0.1) is 6.61 Å². The minimum Gasteiger partial charge on any atom is -0.379 e. The highest BCUT2D eigenvalue weighted by atomic mass is 16.5. The molecule has 4 heteroatoms. The van der Waals surface area contributed by atoms with Gasteiger partial charge in [-0.05, 0) is 19.3 Å². The Balaban J connectivity index is 2.52. The van der Waals surface area contributed by atoms with Gasteiger partial charge in [0.25, 0.3) is 0 Å². The third-order valence-corrected chi connectivity index (χ3v) is 3.83. The lowest BCUT2D eigenvalue weighted by Crippen LogP contribution is -2.56. The third-order valence-electron chi connectivity index (χ3n) is 3.83. The van der Waals surface area contributed by atoms with Crippen molar-refractivity contribution < 1.29 is 9.53 Å². The van der Waals surface area contributed by atoms with Gasteiger partial charge in [0.1, 0.15) is 5.54 Å². The molecule has 0 aliphatic carbocycles. The molecule has 0 radical (unpaired) electrons. The third kappa shape index (κ3) is 5.11. The Morgan fingerprint density at radius 1 is 1.16 bits per heavy atom. The summed E-state index contributed by atoms with van der Waals surface area (Å²) in [5.41, 5.74) is 5.43. The Bertz CT molecular complexity index is 253. The molecule has 1 aliphatic rings. The first-order valence-corrected chi connectivity index (χ1v) is 7.80. The molecule has 0 aromatic heterocycles. The van der Waals surface area contributed by atoms with Crippen molar-refractivity contribution in [3.05, 3.63) is 0 Å². The molecule has 2 N–H and O–H groups in total. The fraction of sp³-hybridized carbons (Fsp3) is 0.933. The minimum absolute atomic E-state index is 0.0946. The first kappa shape index (κ1) is 16.4. The Morgan fingerprint density at radius 3 is 2.16 bits per heavy atom. The smallest absolute Gasteiger partial charge is 0.245 e. The standard InChI is InChI=1S/C15H30N2O2/c1-3-5-7-10-17(11-8-6-4-2)14(18)15(16)9-12-19-13-15/h3-13,16H2,1-2H3. The molecule has 1 atom stereocenters. The SMILES string of the molecule is CCCCCN(CCCCC)C(=O)C1(N)CCOC1. The Labute approximate surface area is 117 Å². The largest absolute Gasteiger partial charge is 0.379 e. The van der Waals surface area contributed by atoms with E-state index < -0.39 is 5.54 Å². The zero-order valence-electron chi connectivity index (χ0n) is 12.6. The van der Waals surface area contributed by atoms with Crippen molar-refractivity contribution >= 4 is 5.91 Å². The van der Waals surface area contributed by atoms with E-state index >= 15 is 0 Å². The summed E-state index contributed by atoms with van der Waals surface area (Å²) in [4.78, 5) is 14.5. The van der Waals surface area contributed by atoms with Crippen LogP contribution in [0, 0.1) is 0 Å². The van der Waals surface area contributed by atoms with Crippen LogP contribution in [-0.2, 0) is 9.53 Å². The number of unbranched alkanes of at least 4 members (excludes halogenated alkanes) is 4. The number of carbonyl (C=O) groups is 1. The molecule has 4 nitrogen and oxygen atoms in total. The summed E-state index contributed by atoms with van der Waals surface area (Å²) in [7, 11) is 0. The van der Waals surface area contributed by atoms with Gasteiger partial charge in [0.15, 0.2) is 0 Å². The zero-order chi connectivity index (χ0) is 14.1. The number of amides is 1. The maximum absolute atomic E-state index is 12.6. The maximum Gasteiger partial charge on any atom is 0.245 e. The van der Waals surface area contributed by atoms with E-state index in [1.165, 1.54) is 25.7 Å². The second-order valence-electron chi connectivity index (χ2n) is 5.67. The van der Waals surface area contributed by atoms with Gasteiger partial charge in [0.2, 0.25) is 5.91 Å². The Kier molecular flexibility index (Phi) is 7.39. The molecule has 0 aromatic carbocycles. The van der Waals surface area contributed by atoms with E-state index in [0.717, 1.165) is 25.9 Å². The number of hydrogen-bond donors (Lipinski definition) is 1. The molecule has 1 rings (SSSR count). The maximum atomic E-state index is 12.6. The van der Waals surface area contributed by atoms with E-state index in [4.69, 9.17) is 10.5 Å². The lowest BCUT2D eigenvalue weighted by Gasteiger charge is -2.30. The fourth-order valence-electron chi connectivity index (χ4n) is 2.48. The number of nitrogens with two attached hydrogens (primary N) is 1. The van der Waals surface area contributed by atoms with Gasteiger partial charge in [-0.1, -0.05) is 39.5 Å². The molecule has 1 amide bonds. The second-order valence-corrected chi connectivity index (χ2v) is 5.67. The van der Waals surface area contributed by atoms with Gasteiger partial charge < -0.3 is 15.4 Å². The topological polar surface area (TPSA) is 55.6 Å². The normalized spacial score (nSPS) is 22.7. The summed E-state index contributed by atoms with van der Waals surface area (Å²) < 4.78 is 5.31. The number of hydrogen-bond acceptors (Lipinski definition) is 3. The molecular weight excluding hydrogens is 240 g/mol. The van der Waals surface area contributed by atoms with Crippen LogP contribution in [0.3, 0.4) is 0 Å². The van der Waals surface area contributed by atoms with Crippen LogP contribution in [0.25, 0.3) is 0 Å². The fourth-order valence-corrected chi connectivity index (χ4v) is 2.48. The van der Waals surface area contributed by atoms with E-state index in [0.29, 0.717) is 19.6 Å². The molecule has 112 valence electrons. The summed E-state index contributed by atoms with van der Waals surface area (Å²) in [5, 5.41) is 0. The second kappa shape index (κ2) is 8.54. The molecule has 0 saturated carbocycles. The summed E-state index contributed by atoms with van der Waals surface area (Å²) >= 11 is 0. The quantitative estimate of drug-likeness (QED) is 0.654. The molecule has 1 fully saturated rings. The summed E-state index contributed by atoms with van der Waals surface area (Å²) in [6.07, 6.45) is 7.50. The zero-order valence-corrected chi connectivity index (χ0v) is 12.6. The van der Waals surface area contributed by atoms with E-state index in [1.54, 1.807) is 0 Å². The summed E-state index contributed by atoms with van der Waals surface area (Å²) in [6.45, 7) is 7.03. The van der Waals surface area contributed by atoms with E-state index in [1.807, 2.05) is 4.90 Å². The van der Waals surface area contributed by atoms with Gasteiger partial charge in [0, 0.05) is 19.7 Å². The van der Waals surface area contributed by atoms with E-state index in [-0.39, 0.29) is 5.91 Å². The Morgan fingerprint density at radius 2 is 1.74 bits per heavy atom. The summed E-state index contributed by atoms with van der Waals surface area (Å²) in [6, 6.07) is 0. The van der Waals surface area contributed by atoms with Gasteiger partial charge in [-0.3, -0.25) is 4.79 Å². The molecule has 0 spiro atoms. The van der Waals surface area contributed by atoms with Crippen molar-refractivity contribution in [2.24, 2.45) is 5.73 Å². The van der Waals surface area contributed by atoms with Crippen LogP contribution >= 0.6 is 0 Å². The van der Waals surface area contributed by atoms with Gasteiger partial charge >= 0.3 is 0 Å². The van der Waals surface area contributed by atoms with Gasteiger partial charge in [-0.15, -0.1) is 0 Å². The van der Waals surface area contributed by atoms with Crippen molar-refractivity contribution in [2.45, 2.75) is 64.3 Å². The van der Waals surface area contributed by atoms with Crippen molar-refractivity contribution in [3.63, 3.8) is 0 Å². The van der Waals surface area contributed by atoms with Crippen molar-refractivity contribution in [1.29, 1.82) is 0 Å². The molecule has 0 bridgehead atoms. The van der Waals surface area contributed by atoms with E-state index in [9.17, 15) is 4.79 Å². The highest BCUT2D eigenvalue weighted by Gasteiger charge is 2.40. The van der Waals surface area contributed by atoms with Crippen LogP contribution in [0.5, 0.6) is 0 Å². The van der Waals surface area contributed by atoms with Gasteiger partial charge in [-0.25, -0.2) is 0 Å². The molecule has 1 unspecified atom stereocenters. The van der Waals surface area contributed by atoms with Crippen LogP contribution in [0.15, 0.2) is 0 Å². The number of nitrogens with zero attached hydrogens (tertiary/aromatic N) is 1. The van der Waals surface area contributed by atoms with Crippen LogP contribution < -0.4 is 5.73 Å². The van der Waals surface area contributed by atoms with E-state index in [2.05, 4.69) is 13.8 Å². The highest BCUT2D eigenvalue weighted by molar-refractivity contribution is 5.86. The lowest BCUT2D eigenvalue weighted by atomic mass is 9.98. The molecular formula is C15H30N2O2. The highest BCUT2D eigenvalue weighted by Crippen LogP contribution is 2.19. The Hall–Kier alpha value is -0.610. The first-order chi connectivity index (χ1) is 9.14. The monoisotopic (exact) mass is 270 g/mol. The summed E-state index contributed by atoms with van der Waals surface area (Å²) in [5.74, 6) is 0.0946. The number of carbonyl (C=O) groups excluding carboxylic acids is 1. The first-order valence-electron chi connectivity index (χ1n) is 7.80. The van der Waals surface area contributed by atoms with Crippen LogP contribution in [0.1, 0.15) is 58.8 Å². The predicted molar refractivity (Wildman–Crippen MR) is 78.0 cm³/mol. The average molecular weight is 270 g/mol. The van der Waals surface area contributed by atoms with Crippen molar-refractivity contribution in [2.75, 3.05) is 26.3 Å². The van der Waals surface area contributed by atoms with Crippen molar-refractivity contribution in [3.8, 4) is 0 Å². The molecule has 1 aliphatic heterocycles. The van der Waals surface area contributed by atoms with Crippen LogP contribution in [0.4, 0.5) is 0 Å². The molecule has 19 heavy (non-hydrogen) atoms. The molecule has 1 heterocycles. The lowest BCUT2D eigenvalue weighted by molar-refractivity contribution is -0.137. The van der Waals surface area contributed by atoms with Crippen molar-refractivity contribution in [1.82, 2.24) is 4.90 Å².